The third kappa shape index (κ3) is 1.61. The number of hydrogen-bond acceptors (Lipinski definition) is 3. The molecule has 88 valence electrons. The van der Waals surface area contributed by atoms with Gasteiger partial charge >= 0.3 is 0 Å². The molecule has 1 amide bonds. The van der Waals surface area contributed by atoms with Crippen LogP contribution in [-0.4, -0.2) is 32.9 Å². The van der Waals surface area contributed by atoms with E-state index in [9.17, 15) is 4.79 Å². The average Bonchev–Trinajstić information content (AvgIpc) is 2.81. The zero-order valence-corrected chi connectivity index (χ0v) is 9.76. The lowest BCUT2D eigenvalue weighted by Gasteiger charge is -2.26. The molecule has 0 unspecified atom stereocenters. The summed E-state index contributed by atoms with van der Waals surface area (Å²) in [7, 11) is 0. The van der Waals surface area contributed by atoms with Crippen molar-refractivity contribution in [3.8, 4) is 0 Å². The molecule has 0 aliphatic carbocycles. The summed E-state index contributed by atoms with van der Waals surface area (Å²) in [6.07, 6.45) is 4.04. The van der Waals surface area contributed by atoms with Crippen LogP contribution in [0.25, 0.3) is 0 Å². The van der Waals surface area contributed by atoms with E-state index >= 15 is 0 Å². The molecule has 2 atom stereocenters. The summed E-state index contributed by atoms with van der Waals surface area (Å²) in [5.41, 5.74) is 7.09. The molecule has 2 rings (SSSR count). The van der Waals surface area contributed by atoms with Crippen LogP contribution in [0.5, 0.6) is 0 Å². The van der Waals surface area contributed by atoms with Gasteiger partial charge in [0.2, 0.25) is 5.91 Å². The number of nitrogens with two attached hydrogens (primary N) is 1. The number of nitrogens with zero attached hydrogens (tertiary/aromatic N) is 3. The van der Waals surface area contributed by atoms with Crippen LogP contribution < -0.4 is 5.73 Å². The van der Waals surface area contributed by atoms with E-state index in [1.54, 1.807) is 6.33 Å². The third-order valence-corrected chi connectivity index (χ3v) is 3.20. The van der Waals surface area contributed by atoms with E-state index in [-0.39, 0.29) is 18.0 Å². The van der Waals surface area contributed by atoms with Gasteiger partial charge in [-0.2, -0.15) is 0 Å². The minimum atomic E-state index is -0.116. The van der Waals surface area contributed by atoms with Crippen LogP contribution in [0.15, 0.2) is 12.5 Å². The number of aromatic nitrogens is 2. The molecule has 0 bridgehead atoms. The monoisotopic (exact) mass is 222 g/mol. The van der Waals surface area contributed by atoms with Crippen molar-refractivity contribution in [2.75, 3.05) is 6.54 Å². The number of aryl methyl sites for hydroxylation is 1. The Balaban J connectivity index is 2.35. The molecule has 1 aliphatic heterocycles. The molecule has 5 nitrogen and oxygen atoms in total. The fraction of sp³-hybridized carbons (Fsp3) is 0.636. The summed E-state index contributed by atoms with van der Waals surface area (Å²) in [4.78, 5) is 17.7. The number of likely N-dealkylation sites (N-methyl/N-ethyl adjacent to an activating group) is 1. The van der Waals surface area contributed by atoms with Crippen LogP contribution in [0.1, 0.15) is 32.0 Å². The Kier molecular flexibility index (Phi) is 2.96. The quantitative estimate of drug-likeness (QED) is 0.811. The summed E-state index contributed by atoms with van der Waals surface area (Å²) < 4.78 is 2.05. The minimum absolute atomic E-state index is 0.0139. The molecule has 2 N–H and O–H groups in total. The van der Waals surface area contributed by atoms with Crippen LogP contribution in [0.3, 0.4) is 0 Å². The average molecular weight is 222 g/mol. The maximum absolute atomic E-state index is 11.7. The second-order valence-corrected chi connectivity index (χ2v) is 4.10. The van der Waals surface area contributed by atoms with Gasteiger partial charge in [-0.15, -0.1) is 0 Å². The van der Waals surface area contributed by atoms with E-state index in [1.165, 1.54) is 0 Å². The minimum Gasteiger partial charge on any atom is -0.333 e. The normalized spacial score (nSPS) is 25.4. The second-order valence-electron chi connectivity index (χ2n) is 4.10. The van der Waals surface area contributed by atoms with Gasteiger partial charge in [0.05, 0.1) is 24.3 Å². The summed E-state index contributed by atoms with van der Waals surface area (Å²) in [5.74, 6) is 0.142. The first-order valence-electron chi connectivity index (χ1n) is 5.74. The topological polar surface area (TPSA) is 64.2 Å². The summed E-state index contributed by atoms with van der Waals surface area (Å²) in [6.45, 7) is 5.59. The maximum Gasteiger partial charge on any atom is 0.224 e. The van der Waals surface area contributed by atoms with Crippen molar-refractivity contribution >= 4 is 5.91 Å². The number of likely N-dealkylation sites (tertiary alicyclic amines) is 1. The molecule has 1 fully saturated rings. The van der Waals surface area contributed by atoms with Gasteiger partial charge in [-0.1, -0.05) is 0 Å². The molecular formula is C11H18N4O. The van der Waals surface area contributed by atoms with Crippen LogP contribution >= 0.6 is 0 Å². The fourth-order valence-corrected chi connectivity index (χ4v) is 2.41. The van der Waals surface area contributed by atoms with Gasteiger partial charge in [-0.3, -0.25) is 4.79 Å². The second kappa shape index (κ2) is 4.25. The predicted octanol–water partition coefficient (Wildman–Crippen LogP) is 0.524. The van der Waals surface area contributed by atoms with Gasteiger partial charge in [0.1, 0.15) is 0 Å². The van der Waals surface area contributed by atoms with Gasteiger partial charge in [0.25, 0.3) is 0 Å². The van der Waals surface area contributed by atoms with Crippen molar-refractivity contribution in [3.05, 3.63) is 18.2 Å². The number of carbonyl (C=O) groups excluding carboxylic acids is 1. The molecule has 0 spiro atoms. The SMILES string of the molecule is CCN1C(=O)C[C@H](N)[C@H]1c1cncn1CC. The molecular weight excluding hydrogens is 204 g/mol. The lowest BCUT2D eigenvalue weighted by molar-refractivity contribution is -0.128. The molecule has 16 heavy (non-hydrogen) atoms. The highest BCUT2D eigenvalue weighted by atomic mass is 16.2. The lowest BCUT2D eigenvalue weighted by Crippen LogP contribution is -2.34. The number of rotatable bonds is 3. The van der Waals surface area contributed by atoms with Crippen LogP contribution in [0.4, 0.5) is 0 Å². The molecule has 1 aromatic heterocycles. The first-order valence-corrected chi connectivity index (χ1v) is 5.74. The van der Waals surface area contributed by atoms with Gasteiger partial charge in [-0.25, -0.2) is 4.98 Å². The third-order valence-electron chi connectivity index (χ3n) is 3.20. The van der Waals surface area contributed by atoms with E-state index in [0.29, 0.717) is 13.0 Å². The zero-order chi connectivity index (χ0) is 11.7. The van der Waals surface area contributed by atoms with E-state index in [4.69, 9.17) is 5.73 Å². The van der Waals surface area contributed by atoms with E-state index in [0.717, 1.165) is 12.2 Å². The summed E-state index contributed by atoms with van der Waals surface area (Å²) >= 11 is 0. The van der Waals surface area contributed by atoms with E-state index in [2.05, 4.69) is 11.9 Å². The smallest absolute Gasteiger partial charge is 0.224 e. The Hall–Kier alpha value is -1.36. The van der Waals surface area contributed by atoms with Gasteiger partial charge in [0, 0.05) is 25.6 Å². The molecule has 5 heteroatoms. The Morgan fingerprint density at radius 2 is 2.25 bits per heavy atom. The number of amides is 1. The molecule has 1 aromatic rings. The van der Waals surface area contributed by atoms with Gasteiger partial charge in [-0.05, 0) is 13.8 Å². The van der Waals surface area contributed by atoms with Crippen LogP contribution in [-0.2, 0) is 11.3 Å². The molecule has 0 radical (unpaired) electrons. The van der Waals surface area contributed by atoms with Crippen molar-refractivity contribution in [1.29, 1.82) is 0 Å². The molecule has 1 saturated heterocycles. The lowest BCUT2D eigenvalue weighted by atomic mass is 10.1. The molecule has 1 aliphatic rings. The fourth-order valence-electron chi connectivity index (χ4n) is 2.41. The van der Waals surface area contributed by atoms with Crippen LogP contribution in [0.2, 0.25) is 0 Å². The molecule has 0 aromatic carbocycles. The molecule has 2 heterocycles. The van der Waals surface area contributed by atoms with Crippen molar-refractivity contribution in [2.45, 2.75) is 38.9 Å². The Bertz CT molecular complexity index is 387. The van der Waals surface area contributed by atoms with Crippen LogP contribution in [0, 0.1) is 0 Å². The van der Waals surface area contributed by atoms with Crippen molar-refractivity contribution in [2.24, 2.45) is 5.73 Å². The van der Waals surface area contributed by atoms with Crippen molar-refractivity contribution in [3.63, 3.8) is 0 Å². The molecule has 0 saturated carbocycles. The standard InChI is InChI=1S/C11H18N4O/c1-3-14-7-13-6-9(14)11-8(12)5-10(16)15(11)4-2/h6-8,11H,3-5,12H2,1-2H3/t8-,11-/m0/s1. The first-order chi connectivity index (χ1) is 7.69. The number of hydrogen-bond donors (Lipinski definition) is 1. The van der Waals surface area contributed by atoms with E-state index < -0.39 is 0 Å². The van der Waals surface area contributed by atoms with Crippen molar-refractivity contribution < 1.29 is 4.79 Å². The van der Waals surface area contributed by atoms with Gasteiger partial charge < -0.3 is 15.2 Å². The summed E-state index contributed by atoms with van der Waals surface area (Å²) in [6, 6.07) is -0.130. The first kappa shape index (κ1) is 11.1. The zero-order valence-electron chi connectivity index (χ0n) is 9.76. The maximum atomic E-state index is 11.7. The highest BCUT2D eigenvalue weighted by Gasteiger charge is 2.39. The van der Waals surface area contributed by atoms with E-state index in [1.807, 2.05) is 22.6 Å². The van der Waals surface area contributed by atoms with Gasteiger partial charge in [0.15, 0.2) is 0 Å². The Labute approximate surface area is 95.2 Å². The summed E-state index contributed by atoms with van der Waals surface area (Å²) in [5, 5.41) is 0. The highest BCUT2D eigenvalue weighted by molar-refractivity contribution is 5.80. The Morgan fingerprint density at radius 3 is 2.88 bits per heavy atom. The number of carbonyl (C=O) groups is 1. The van der Waals surface area contributed by atoms with Crippen molar-refractivity contribution in [1.82, 2.24) is 14.5 Å². The largest absolute Gasteiger partial charge is 0.333 e. The predicted molar refractivity (Wildman–Crippen MR) is 60.6 cm³/mol. The Morgan fingerprint density at radius 1 is 1.50 bits per heavy atom. The highest BCUT2D eigenvalue weighted by Crippen LogP contribution is 2.31. The number of imidazole rings is 1.